The third-order valence-corrected chi connectivity index (χ3v) is 4.25. The van der Waals surface area contributed by atoms with Crippen molar-refractivity contribution in [3.8, 4) is 17.5 Å². The highest BCUT2D eigenvalue weighted by molar-refractivity contribution is 7.89. The summed E-state index contributed by atoms with van der Waals surface area (Å²) in [6.45, 7) is 0.228. The van der Waals surface area contributed by atoms with Gasteiger partial charge in [0.2, 0.25) is 10.0 Å². The number of aromatic nitrogens is 3. The van der Waals surface area contributed by atoms with Crippen LogP contribution in [0.2, 0.25) is 0 Å². The van der Waals surface area contributed by atoms with Gasteiger partial charge in [-0.3, -0.25) is 5.10 Å². The van der Waals surface area contributed by atoms with E-state index in [1.807, 2.05) is 30.3 Å². The molecule has 1 heterocycles. The minimum Gasteiger partial charge on any atom is -0.259 e. The summed E-state index contributed by atoms with van der Waals surface area (Å²) in [6, 6.07) is 9.28. The van der Waals surface area contributed by atoms with Crippen molar-refractivity contribution >= 4 is 10.0 Å². The van der Waals surface area contributed by atoms with Crippen molar-refractivity contribution in [1.29, 1.82) is 5.26 Å². The number of hydrogen-bond acceptors (Lipinski definition) is 5. The van der Waals surface area contributed by atoms with E-state index in [1.165, 1.54) is 6.33 Å². The van der Waals surface area contributed by atoms with Crippen molar-refractivity contribution in [1.82, 2.24) is 19.9 Å². The molecule has 0 spiro atoms. The van der Waals surface area contributed by atoms with Crippen LogP contribution in [0.3, 0.4) is 0 Å². The van der Waals surface area contributed by atoms with E-state index in [9.17, 15) is 8.42 Å². The molecule has 0 aliphatic rings. The molecule has 2 aromatic rings. The van der Waals surface area contributed by atoms with E-state index >= 15 is 0 Å². The Labute approximate surface area is 123 Å². The third-order valence-electron chi connectivity index (χ3n) is 2.84. The van der Waals surface area contributed by atoms with Crippen molar-refractivity contribution in [3.63, 3.8) is 0 Å². The highest BCUT2D eigenvalue weighted by Crippen LogP contribution is 2.14. The first-order valence-corrected chi connectivity index (χ1v) is 8.05. The van der Waals surface area contributed by atoms with Crippen molar-refractivity contribution in [2.75, 3.05) is 5.75 Å². The zero-order chi connectivity index (χ0) is 15.1. The van der Waals surface area contributed by atoms with Crippen molar-refractivity contribution in [2.24, 2.45) is 0 Å². The van der Waals surface area contributed by atoms with Crippen LogP contribution in [-0.2, 0) is 16.6 Å². The summed E-state index contributed by atoms with van der Waals surface area (Å²) >= 11 is 0. The zero-order valence-electron chi connectivity index (χ0n) is 11.3. The fourth-order valence-electron chi connectivity index (χ4n) is 1.73. The Morgan fingerprint density at radius 2 is 2.05 bits per heavy atom. The van der Waals surface area contributed by atoms with Gasteiger partial charge in [0.15, 0.2) is 5.82 Å². The van der Waals surface area contributed by atoms with Crippen molar-refractivity contribution in [2.45, 2.75) is 19.4 Å². The molecule has 0 bridgehead atoms. The lowest BCUT2D eigenvalue weighted by Crippen LogP contribution is -2.25. The molecule has 0 fully saturated rings. The molecule has 2 rings (SSSR count). The van der Waals surface area contributed by atoms with Crippen LogP contribution in [0.1, 0.15) is 18.4 Å². The van der Waals surface area contributed by atoms with E-state index in [0.717, 1.165) is 11.1 Å². The van der Waals surface area contributed by atoms with Crippen molar-refractivity contribution < 1.29 is 8.42 Å². The van der Waals surface area contributed by atoms with Gasteiger partial charge in [0, 0.05) is 18.5 Å². The van der Waals surface area contributed by atoms with Gasteiger partial charge in [-0.15, -0.1) is 0 Å². The van der Waals surface area contributed by atoms with Gasteiger partial charge in [0.1, 0.15) is 6.33 Å². The van der Waals surface area contributed by atoms with Gasteiger partial charge in [0.25, 0.3) is 0 Å². The van der Waals surface area contributed by atoms with E-state index in [-0.39, 0.29) is 18.7 Å². The lowest BCUT2D eigenvalue weighted by Gasteiger charge is -2.06. The van der Waals surface area contributed by atoms with Crippen LogP contribution in [0.25, 0.3) is 11.4 Å². The topological polar surface area (TPSA) is 112 Å². The Morgan fingerprint density at radius 1 is 1.29 bits per heavy atom. The van der Waals surface area contributed by atoms with Crippen LogP contribution in [-0.4, -0.2) is 29.4 Å². The molecule has 110 valence electrons. The van der Waals surface area contributed by atoms with Crippen LogP contribution in [0.5, 0.6) is 0 Å². The number of hydrogen-bond donors (Lipinski definition) is 2. The number of H-pyrrole nitrogens is 1. The average Bonchev–Trinajstić information content (AvgIpc) is 3.00. The second-order valence-electron chi connectivity index (χ2n) is 4.43. The van der Waals surface area contributed by atoms with Gasteiger partial charge in [-0.2, -0.15) is 10.4 Å². The Hall–Kier alpha value is -2.24. The van der Waals surface area contributed by atoms with Gasteiger partial charge in [-0.05, 0) is 12.0 Å². The quantitative estimate of drug-likeness (QED) is 0.746. The van der Waals surface area contributed by atoms with Gasteiger partial charge in [-0.1, -0.05) is 24.3 Å². The normalized spacial score (nSPS) is 11.2. The lowest BCUT2D eigenvalue weighted by atomic mass is 10.1. The molecule has 0 saturated carbocycles. The Balaban J connectivity index is 1.91. The first kappa shape index (κ1) is 15.2. The predicted octanol–water partition coefficient (Wildman–Crippen LogP) is 1.19. The van der Waals surface area contributed by atoms with E-state index in [1.54, 1.807) is 0 Å². The third kappa shape index (κ3) is 4.66. The second-order valence-corrected chi connectivity index (χ2v) is 6.36. The summed E-state index contributed by atoms with van der Waals surface area (Å²) in [5.74, 6) is 0.634. The molecule has 0 amide bonds. The number of aromatic amines is 1. The Bertz CT molecular complexity index is 702. The molecular formula is C13H15N5O2S. The maximum atomic E-state index is 11.7. The second kappa shape index (κ2) is 6.97. The molecule has 0 aliphatic heterocycles. The van der Waals surface area contributed by atoms with E-state index in [4.69, 9.17) is 5.26 Å². The smallest absolute Gasteiger partial charge is 0.211 e. The van der Waals surface area contributed by atoms with Gasteiger partial charge in [-0.25, -0.2) is 18.1 Å². The molecular weight excluding hydrogens is 290 g/mol. The molecule has 0 saturated heterocycles. The zero-order valence-corrected chi connectivity index (χ0v) is 12.1. The lowest BCUT2D eigenvalue weighted by molar-refractivity contribution is 0.579. The Morgan fingerprint density at radius 3 is 2.67 bits per heavy atom. The molecule has 21 heavy (non-hydrogen) atoms. The number of nitriles is 1. The fourth-order valence-corrected chi connectivity index (χ4v) is 2.79. The van der Waals surface area contributed by atoms with E-state index in [2.05, 4.69) is 19.9 Å². The number of nitrogens with one attached hydrogen (secondary N) is 2. The summed E-state index contributed by atoms with van der Waals surface area (Å²) in [4.78, 5) is 4.04. The summed E-state index contributed by atoms with van der Waals surface area (Å²) in [5, 5.41) is 14.9. The SMILES string of the molecule is N#CCCCS(=O)(=O)NCc1ccc(-c2ncn[nH]2)cc1. The fraction of sp³-hybridized carbons (Fsp3) is 0.308. The molecule has 7 nitrogen and oxygen atoms in total. The molecule has 0 aliphatic carbocycles. The summed E-state index contributed by atoms with van der Waals surface area (Å²) in [7, 11) is -3.33. The maximum absolute atomic E-state index is 11.7. The number of unbranched alkanes of at least 4 members (excludes halogenated alkanes) is 1. The molecule has 1 aromatic carbocycles. The number of rotatable bonds is 7. The predicted molar refractivity (Wildman–Crippen MR) is 77.3 cm³/mol. The molecule has 1 aromatic heterocycles. The first-order valence-electron chi connectivity index (χ1n) is 6.40. The minimum absolute atomic E-state index is 0.0310. The largest absolute Gasteiger partial charge is 0.259 e. The maximum Gasteiger partial charge on any atom is 0.211 e. The number of sulfonamides is 1. The van der Waals surface area contributed by atoms with E-state index in [0.29, 0.717) is 12.2 Å². The van der Waals surface area contributed by atoms with Crippen LogP contribution in [0, 0.1) is 11.3 Å². The van der Waals surface area contributed by atoms with Gasteiger partial charge in [0.05, 0.1) is 11.8 Å². The number of benzene rings is 1. The monoisotopic (exact) mass is 305 g/mol. The van der Waals surface area contributed by atoms with Gasteiger partial charge < -0.3 is 0 Å². The molecule has 0 radical (unpaired) electrons. The van der Waals surface area contributed by atoms with Crippen LogP contribution in [0.15, 0.2) is 30.6 Å². The summed E-state index contributed by atoms with van der Waals surface area (Å²) < 4.78 is 25.9. The van der Waals surface area contributed by atoms with Crippen LogP contribution >= 0.6 is 0 Å². The van der Waals surface area contributed by atoms with Gasteiger partial charge >= 0.3 is 0 Å². The first-order chi connectivity index (χ1) is 10.1. The van der Waals surface area contributed by atoms with Crippen LogP contribution < -0.4 is 4.72 Å². The average molecular weight is 305 g/mol. The molecule has 0 unspecified atom stereocenters. The highest BCUT2D eigenvalue weighted by atomic mass is 32.2. The summed E-state index contributed by atoms with van der Waals surface area (Å²) in [6.07, 6.45) is 2.02. The summed E-state index contributed by atoms with van der Waals surface area (Å²) in [5.41, 5.74) is 1.73. The van der Waals surface area contributed by atoms with E-state index < -0.39 is 10.0 Å². The highest BCUT2D eigenvalue weighted by Gasteiger charge is 2.09. The number of nitrogens with zero attached hydrogens (tertiary/aromatic N) is 3. The molecule has 0 atom stereocenters. The minimum atomic E-state index is -3.33. The van der Waals surface area contributed by atoms with Crippen molar-refractivity contribution in [3.05, 3.63) is 36.2 Å². The molecule has 2 N–H and O–H groups in total. The molecule has 8 heteroatoms. The standard InChI is InChI=1S/C13H15N5O2S/c14-7-1-2-8-21(19,20)17-9-11-3-5-12(6-4-11)13-15-10-16-18-13/h3-6,10,17H,1-2,8-9H2,(H,15,16,18). The Kier molecular flexibility index (Phi) is 5.03. The van der Waals surface area contributed by atoms with Crippen LogP contribution in [0.4, 0.5) is 0 Å².